The first-order chi connectivity index (χ1) is 8.31. The maximum atomic E-state index is 5.89. The number of nitrogens with one attached hydrogen (secondary N) is 1. The molecule has 0 aliphatic heterocycles. The normalized spacial score (nSPS) is 12.1. The van der Waals surface area contributed by atoms with Gasteiger partial charge < -0.3 is 9.73 Å². The molecule has 0 saturated carbocycles. The maximum absolute atomic E-state index is 5.89. The molecule has 0 amide bonds. The first kappa shape index (κ1) is 15.0. The van der Waals surface area contributed by atoms with Crippen molar-refractivity contribution < 1.29 is 4.42 Å². The van der Waals surface area contributed by atoms with E-state index in [-0.39, 0.29) is 5.54 Å². The van der Waals surface area contributed by atoms with E-state index >= 15 is 0 Å². The highest BCUT2D eigenvalue weighted by atomic mass is 16.3. The van der Waals surface area contributed by atoms with Crippen molar-refractivity contribution >= 4 is 0 Å². The molecule has 1 rings (SSSR count). The average Bonchev–Trinajstić information content (AvgIpc) is 2.55. The van der Waals surface area contributed by atoms with Crippen molar-refractivity contribution in [3.63, 3.8) is 0 Å². The molecule has 0 fully saturated rings. The summed E-state index contributed by atoms with van der Waals surface area (Å²) in [6.07, 6.45) is 1.90. The van der Waals surface area contributed by atoms with Crippen LogP contribution in [0.15, 0.2) is 23.1 Å². The van der Waals surface area contributed by atoms with Gasteiger partial charge in [-0.2, -0.15) is 0 Å². The fourth-order valence-electron chi connectivity index (χ4n) is 1.74. The molecule has 1 heterocycles. The molecule has 0 radical (unpaired) electrons. The van der Waals surface area contributed by atoms with Gasteiger partial charge in [-0.3, -0.25) is 4.90 Å². The number of furan rings is 1. The van der Waals surface area contributed by atoms with Gasteiger partial charge in [0.1, 0.15) is 11.5 Å². The third-order valence-corrected chi connectivity index (χ3v) is 2.72. The molecule has 3 nitrogen and oxygen atoms in total. The van der Waals surface area contributed by atoms with E-state index in [1.807, 2.05) is 6.08 Å². The molecule has 0 bridgehead atoms. The van der Waals surface area contributed by atoms with Crippen LogP contribution in [0, 0.1) is 6.92 Å². The molecule has 0 aliphatic rings. The van der Waals surface area contributed by atoms with Crippen LogP contribution in [0.5, 0.6) is 0 Å². The summed E-state index contributed by atoms with van der Waals surface area (Å²) >= 11 is 0. The fraction of sp³-hybridized carbons (Fsp3) is 0.600. The van der Waals surface area contributed by atoms with Crippen LogP contribution >= 0.6 is 0 Å². The highest BCUT2D eigenvalue weighted by molar-refractivity contribution is 5.20. The zero-order valence-electron chi connectivity index (χ0n) is 12.3. The zero-order valence-corrected chi connectivity index (χ0v) is 12.3. The molecule has 0 atom stereocenters. The lowest BCUT2D eigenvalue weighted by atomic mass is 10.1. The van der Waals surface area contributed by atoms with Gasteiger partial charge in [0.2, 0.25) is 0 Å². The van der Waals surface area contributed by atoms with Gasteiger partial charge in [-0.15, -0.1) is 6.58 Å². The van der Waals surface area contributed by atoms with E-state index in [9.17, 15) is 0 Å². The Labute approximate surface area is 111 Å². The Morgan fingerprint density at radius 3 is 2.67 bits per heavy atom. The van der Waals surface area contributed by atoms with Crippen molar-refractivity contribution in [2.45, 2.75) is 46.3 Å². The van der Waals surface area contributed by atoms with Crippen LogP contribution in [0.1, 0.15) is 37.9 Å². The number of nitrogens with zero attached hydrogens (tertiary/aromatic N) is 1. The molecule has 102 valence electrons. The molecule has 0 saturated heterocycles. The molecule has 3 heteroatoms. The predicted octanol–water partition coefficient (Wildman–Crippen LogP) is 3.09. The Kier molecular flexibility index (Phi) is 5.17. The topological polar surface area (TPSA) is 28.4 Å². The van der Waals surface area contributed by atoms with Crippen molar-refractivity contribution in [3.05, 3.63) is 35.8 Å². The third-order valence-electron chi connectivity index (χ3n) is 2.72. The summed E-state index contributed by atoms with van der Waals surface area (Å²) in [5, 5.41) is 3.45. The maximum Gasteiger partial charge on any atom is 0.120 e. The van der Waals surface area contributed by atoms with Gasteiger partial charge >= 0.3 is 0 Å². The summed E-state index contributed by atoms with van der Waals surface area (Å²) in [7, 11) is 2.06. The van der Waals surface area contributed by atoms with Crippen LogP contribution in [-0.4, -0.2) is 24.0 Å². The molecular formula is C15H26N2O. The summed E-state index contributed by atoms with van der Waals surface area (Å²) in [5.74, 6) is 2.05. The number of likely N-dealkylation sites (N-methyl/N-ethyl adjacent to an activating group) is 1. The van der Waals surface area contributed by atoms with Crippen molar-refractivity contribution in [1.29, 1.82) is 0 Å². The van der Waals surface area contributed by atoms with E-state index in [4.69, 9.17) is 4.42 Å². The number of hydrogen-bond acceptors (Lipinski definition) is 3. The van der Waals surface area contributed by atoms with Crippen molar-refractivity contribution in [3.8, 4) is 0 Å². The van der Waals surface area contributed by atoms with Crippen LogP contribution in [-0.2, 0) is 13.1 Å². The molecule has 1 N–H and O–H groups in total. The van der Waals surface area contributed by atoms with Crippen molar-refractivity contribution in [2.75, 3.05) is 13.6 Å². The Bertz CT molecular complexity index is 388. The van der Waals surface area contributed by atoms with Gasteiger partial charge in [0.05, 0.1) is 13.1 Å². The summed E-state index contributed by atoms with van der Waals surface area (Å²) in [6.45, 7) is 14.8. The number of hydrogen-bond donors (Lipinski definition) is 1. The largest absolute Gasteiger partial charge is 0.463 e. The first-order valence-electron chi connectivity index (χ1n) is 6.44. The van der Waals surface area contributed by atoms with E-state index < -0.39 is 0 Å². The van der Waals surface area contributed by atoms with Gasteiger partial charge in [-0.25, -0.2) is 0 Å². The Morgan fingerprint density at radius 2 is 2.11 bits per heavy atom. The first-order valence-corrected chi connectivity index (χ1v) is 6.44. The van der Waals surface area contributed by atoms with Crippen molar-refractivity contribution in [1.82, 2.24) is 10.2 Å². The number of aryl methyl sites for hydroxylation is 1. The Morgan fingerprint density at radius 1 is 1.44 bits per heavy atom. The Balaban J connectivity index is 2.61. The second-order valence-electron chi connectivity index (χ2n) is 5.91. The molecule has 18 heavy (non-hydrogen) atoms. The number of rotatable bonds is 6. The van der Waals surface area contributed by atoms with Gasteiger partial charge in [-0.1, -0.05) is 6.08 Å². The Hall–Kier alpha value is -1.06. The van der Waals surface area contributed by atoms with E-state index in [0.717, 1.165) is 31.2 Å². The molecule has 1 aromatic heterocycles. The highest BCUT2D eigenvalue weighted by Gasteiger charge is 2.13. The molecule has 0 aliphatic carbocycles. The molecule has 0 spiro atoms. The quantitative estimate of drug-likeness (QED) is 0.786. The minimum atomic E-state index is 0.110. The van der Waals surface area contributed by atoms with E-state index in [1.165, 1.54) is 5.56 Å². The zero-order chi connectivity index (χ0) is 13.8. The summed E-state index contributed by atoms with van der Waals surface area (Å²) in [4.78, 5) is 2.17. The monoisotopic (exact) mass is 250 g/mol. The molecule has 0 unspecified atom stereocenters. The average molecular weight is 250 g/mol. The lowest BCUT2D eigenvalue weighted by molar-refractivity contribution is 0.309. The van der Waals surface area contributed by atoms with E-state index in [1.54, 1.807) is 0 Å². The van der Waals surface area contributed by atoms with Crippen LogP contribution < -0.4 is 5.32 Å². The van der Waals surface area contributed by atoms with Crippen LogP contribution in [0.25, 0.3) is 0 Å². The van der Waals surface area contributed by atoms with Crippen LogP contribution in [0.4, 0.5) is 0 Å². The summed E-state index contributed by atoms with van der Waals surface area (Å²) in [6, 6.07) is 2.12. The SMILES string of the molecule is C=CCN(C)Cc1cc(C)c(CNC(C)(C)C)o1. The van der Waals surface area contributed by atoms with E-state index in [2.05, 4.69) is 57.6 Å². The van der Waals surface area contributed by atoms with Gasteiger partial charge in [0.15, 0.2) is 0 Å². The minimum absolute atomic E-state index is 0.110. The van der Waals surface area contributed by atoms with Crippen LogP contribution in [0.3, 0.4) is 0 Å². The standard InChI is InChI=1S/C15H26N2O/c1-7-8-17(6)11-13-9-12(2)14(18-13)10-16-15(3,4)5/h7,9,16H,1,8,10-11H2,2-6H3. The minimum Gasteiger partial charge on any atom is -0.463 e. The van der Waals surface area contributed by atoms with Crippen LogP contribution in [0.2, 0.25) is 0 Å². The van der Waals surface area contributed by atoms with Gasteiger partial charge in [0.25, 0.3) is 0 Å². The lowest BCUT2D eigenvalue weighted by Crippen LogP contribution is -2.35. The van der Waals surface area contributed by atoms with Crippen molar-refractivity contribution in [2.24, 2.45) is 0 Å². The molecule has 0 aromatic carbocycles. The fourth-order valence-corrected chi connectivity index (χ4v) is 1.74. The second-order valence-corrected chi connectivity index (χ2v) is 5.91. The molecular weight excluding hydrogens is 224 g/mol. The summed E-state index contributed by atoms with van der Waals surface area (Å²) in [5.41, 5.74) is 1.33. The molecule has 1 aromatic rings. The van der Waals surface area contributed by atoms with Gasteiger partial charge in [-0.05, 0) is 46.4 Å². The lowest BCUT2D eigenvalue weighted by Gasteiger charge is -2.19. The van der Waals surface area contributed by atoms with Gasteiger partial charge in [0, 0.05) is 12.1 Å². The second kappa shape index (κ2) is 6.21. The third kappa shape index (κ3) is 5.07. The summed E-state index contributed by atoms with van der Waals surface area (Å²) < 4.78 is 5.89. The smallest absolute Gasteiger partial charge is 0.120 e. The predicted molar refractivity (Wildman–Crippen MR) is 76.6 cm³/mol. The highest BCUT2D eigenvalue weighted by Crippen LogP contribution is 2.16. The van der Waals surface area contributed by atoms with E-state index in [0.29, 0.717) is 0 Å².